The third-order valence-electron chi connectivity index (χ3n) is 4.48. The predicted octanol–water partition coefficient (Wildman–Crippen LogP) is 0.739. The number of anilines is 1. The number of carbonyl (C=O) groups excluding carboxylic acids is 2. The van der Waals surface area contributed by atoms with Crippen LogP contribution < -0.4 is 10.5 Å². The van der Waals surface area contributed by atoms with E-state index in [1.807, 2.05) is 0 Å². The summed E-state index contributed by atoms with van der Waals surface area (Å²) in [5.74, 6) is -0.408. The summed E-state index contributed by atoms with van der Waals surface area (Å²) in [7, 11) is 0. The number of hydrogen-bond donors (Lipinski definition) is 1. The van der Waals surface area contributed by atoms with Gasteiger partial charge in [-0.1, -0.05) is 6.07 Å². The van der Waals surface area contributed by atoms with E-state index in [9.17, 15) is 19.5 Å². The Kier molecular flexibility index (Phi) is 3.24. The molecular formula is C17H15N3O4. The zero-order valence-electron chi connectivity index (χ0n) is 12.7. The molecule has 4 rings (SSSR count). The topological polar surface area (TPSA) is 82.8 Å². The van der Waals surface area contributed by atoms with Crippen LogP contribution in [0.4, 0.5) is 10.5 Å². The quantitative estimate of drug-likeness (QED) is 0.826. The van der Waals surface area contributed by atoms with E-state index >= 15 is 0 Å². The van der Waals surface area contributed by atoms with E-state index in [-0.39, 0.29) is 5.56 Å². The minimum Gasteiger partial charge on any atom is -0.390 e. The Hall–Kier alpha value is -2.93. The maximum atomic E-state index is 12.5. The molecule has 0 unspecified atom stereocenters. The number of carbonyl (C=O) groups is 2. The SMILES string of the molecule is O=C1[C@@H]2[C@@H](O)CCN2C(=O)N1c1ccc(-n2ccccc2=O)cc1. The van der Waals surface area contributed by atoms with Crippen LogP contribution in [-0.2, 0) is 4.79 Å². The maximum absolute atomic E-state index is 12.5. The van der Waals surface area contributed by atoms with Crippen LogP contribution in [-0.4, -0.2) is 45.2 Å². The van der Waals surface area contributed by atoms with Gasteiger partial charge < -0.3 is 10.0 Å². The van der Waals surface area contributed by atoms with Crippen molar-refractivity contribution in [1.82, 2.24) is 9.47 Å². The Morgan fingerprint density at radius 1 is 0.958 bits per heavy atom. The Bertz CT molecular complexity index is 874. The first-order chi connectivity index (χ1) is 11.6. The Balaban J connectivity index is 1.67. The molecule has 24 heavy (non-hydrogen) atoms. The van der Waals surface area contributed by atoms with Gasteiger partial charge >= 0.3 is 6.03 Å². The van der Waals surface area contributed by atoms with Crippen molar-refractivity contribution in [2.24, 2.45) is 0 Å². The van der Waals surface area contributed by atoms with Crippen molar-refractivity contribution in [2.75, 3.05) is 11.4 Å². The highest BCUT2D eigenvalue weighted by Gasteiger charge is 2.52. The minimum atomic E-state index is -0.811. The number of aliphatic hydroxyl groups is 1. The number of imide groups is 1. The summed E-state index contributed by atoms with van der Waals surface area (Å²) in [6.07, 6.45) is 1.26. The molecule has 7 nitrogen and oxygen atoms in total. The molecule has 1 N–H and O–H groups in total. The fourth-order valence-corrected chi connectivity index (χ4v) is 3.28. The Morgan fingerprint density at radius 3 is 2.33 bits per heavy atom. The number of urea groups is 1. The lowest BCUT2D eigenvalue weighted by atomic mass is 10.1. The molecule has 0 aliphatic carbocycles. The van der Waals surface area contributed by atoms with Crippen molar-refractivity contribution in [3.8, 4) is 5.69 Å². The van der Waals surface area contributed by atoms with Gasteiger partial charge in [0.1, 0.15) is 6.04 Å². The first kappa shape index (κ1) is 14.6. The van der Waals surface area contributed by atoms with Crippen LogP contribution in [0.2, 0.25) is 0 Å². The zero-order valence-corrected chi connectivity index (χ0v) is 12.7. The van der Waals surface area contributed by atoms with Crippen LogP contribution in [0.1, 0.15) is 6.42 Å². The monoisotopic (exact) mass is 325 g/mol. The Labute approximate surface area is 137 Å². The van der Waals surface area contributed by atoms with Gasteiger partial charge in [-0.2, -0.15) is 0 Å². The molecule has 2 saturated heterocycles. The molecule has 0 bridgehead atoms. The van der Waals surface area contributed by atoms with Crippen LogP contribution in [0.25, 0.3) is 5.69 Å². The summed E-state index contributed by atoms with van der Waals surface area (Å²) < 4.78 is 1.47. The summed E-state index contributed by atoms with van der Waals surface area (Å²) in [5, 5.41) is 9.90. The number of nitrogens with zero attached hydrogens (tertiary/aromatic N) is 3. The van der Waals surface area contributed by atoms with E-state index < -0.39 is 24.1 Å². The van der Waals surface area contributed by atoms with Gasteiger partial charge in [-0.15, -0.1) is 0 Å². The van der Waals surface area contributed by atoms with E-state index in [0.29, 0.717) is 24.3 Å². The highest BCUT2D eigenvalue weighted by atomic mass is 16.3. The third-order valence-corrected chi connectivity index (χ3v) is 4.48. The standard InChI is InChI=1S/C17H15N3O4/c21-13-8-10-19-15(13)16(23)20(17(19)24)12-6-4-11(5-7-12)18-9-2-1-3-14(18)22/h1-7,9,13,15,21H,8,10H2/t13-,15-/m0/s1. The molecule has 0 spiro atoms. The summed E-state index contributed by atoms with van der Waals surface area (Å²) in [5.41, 5.74) is 0.908. The number of pyridine rings is 1. The number of fused-ring (bicyclic) bond motifs is 1. The van der Waals surface area contributed by atoms with Crippen molar-refractivity contribution >= 4 is 17.6 Å². The van der Waals surface area contributed by atoms with Crippen LogP contribution in [0, 0.1) is 0 Å². The van der Waals surface area contributed by atoms with Gasteiger partial charge in [-0.3, -0.25) is 14.2 Å². The van der Waals surface area contributed by atoms with E-state index in [2.05, 4.69) is 0 Å². The van der Waals surface area contributed by atoms with Crippen molar-refractivity contribution in [1.29, 1.82) is 0 Å². The largest absolute Gasteiger partial charge is 0.390 e. The van der Waals surface area contributed by atoms with Gasteiger partial charge in [-0.05, 0) is 36.8 Å². The molecule has 2 aliphatic rings. The van der Waals surface area contributed by atoms with Gasteiger partial charge in [0, 0.05) is 24.5 Å². The highest BCUT2D eigenvalue weighted by molar-refractivity contribution is 6.21. The predicted molar refractivity (Wildman–Crippen MR) is 86.0 cm³/mol. The number of benzene rings is 1. The van der Waals surface area contributed by atoms with Crippen molar-refractivity contribution in [3.63, 3.8) is 0 Å². The second-order valence-electron chi connectivity index (χ2n) is 5.88. The Morgan fingerprint density at radius 2 is 1.67 bits per heavy atom. The first-order valence-corrected chi connectivity index (χ1v) is 7.69. The van der Waals surface area contributed by atoms with E-state index in [0.717, 1.165) is 4.90 Å². The van der Waals surface area contributed by atoms with Crippen molar-refractivity contribution < 1.29 is 14.7 Å². The molecule has 3 amide bonds. The van der Waals surface area contributed by atoms with Gasteiger partial charge in [0.25, 0.3) is 11.5 Å². The molecule has 2 atom stereocenters. The maximum Gasteiger partial charge on any atom is 0.332 e. The lowest BCUT2D eigenvalue weighted by Gasteiger charge is -2.16. The smallest absolute Gasteiger partial charge is 0.332 e. The van der Waals surface area contributed by atoms with Crippen LogP contribution in [0.5, 0.6) is 0 Å². The number of aliphatic hydroxyl groups excluding tert-OH is 1. The van der Waals surface area contributed by atoms with E-state index in [4.69, 9.17) is 0 Å². The van der Waals surface area contributed by atoms with Gasteiger partial charge in [0.2, 0.25) is 0 Å². The first-order valence-electron chi connectivity index (χ1n) is 7.69. The summed E-state index contributed by atoms with van der Waals surface area (Å²) in [4.78, 5) is 39.2. The molecule has 1 aromatic carbocycles. The molecule has 0 radical (unpaired) electrons. The molecule has 122 valence electrons. The van der Waals surface area contributed by atoms with Gasteiger partial charge in [0.05, 0.1) is 11.8 Å². The average Bonchev–Trinajstić information content (AvgIpc) is 3.08. The number of hydrogen-bond acceptors (Lipinski definition) is 4. The fraction of sp³-hybridized carbons (Fsp3) is 0.235. The minimum absolute atomic E-state index is 0.164. The van der Waals surface area contributed by atoms with E-state index in [1.165, 1.54) is 15.5 Å². The molecule has 2 aliphatic heterocycles. The highest BCUT2D eigenvalue weighted by Crippen LogP contribution is 2.31. The molecule has 2 fully saturated rings. The normalized spacial score (nSPS) is 23.0. The molecule has 1 aromatic heterocycles. The second-order valence-corrected chi connectivity index (χ2v) is 5.88. The average molecular weight is 325 g/mol. The summed E-state index contributed by atoms with van der Waals surface area (Å²) >= 11 is 0. The molecule has 0 saturated carbocycles. The molecule has 7 heteroatoms. The molecule has 2 aromatic rings. The number of amides is 3. The van der Waals surface area contributed by atoms with Crippen molar-refractivity contribution in [2.45, 2.75) is 18.6 Å². The number of rotatable bonds is 2. The fourth-order valence-electron chi connectivity index (χ4n) is 3.28. The molecular weight excluding hydrogens is 310 g/mol. The van der Waals surface area contributed by atoms with Crippen molar-refractivity contribution in [3.05, 3.63) is 59.0 Å². The van der Waals surface area contributed by atoms with Gasteiger partial charge in [-0.25, -0.2) is 9.69 Å². The summed E-state index contributed by atoms with van der Waals surface area (Å²) in [6.45, 7) is 0.379. The van der Waals surface area contributed by atoms with Crippen LogP contribution in [0.15, 0.2) is 53.5 Å². The zero-order chi connectivity index (χ0) is 16.8. The van der Waals surface area contributed by atoms with E-state index in [1.54, 1.807) is 42.6 Å². The molecule has 3 heterocycles. The lowest BCUT2D eigenvalue weighted by Crippen LogP contribution is -2.36. The number of aromatic nitrogens is 1. The summed E-state index contributed by atoms with van der Waals surface area (Å²) in [6, 6.07) is 10.3. The third kappa shape index (κ3) is 2.05. The van der Waals surface area contributed by atoms with Crippen LogP contribution >= 0.6 is 0 Å². The lowest BCUT2D eigenvalue weighted by molar-refractivity contribution is -0.121. The van der Waals surface area contributed by atoms with Crippen LogP contribution in [0.3, 0.4) is 0 Å². The van der Waals surface area contributed by atoms with Gasteiger partial charge in [0.15, 0.2) is 0 Å². The second kappa shape index (κ2) is 5.31.